The number of halogens is 1. The minimum absolute atomic E-state index is 0.0722. The number of aromatic nitrogens is 2. The first kappa shape index (κ1) is 15.8. The third-order valence-electron chi connectivity index (χ3n) is 2.87. The minimum atomic E-state index is -0.904. The Bertz CT molecular complexity index is 630. The highest BCUT2D eigenvalue weighted by Crippen LogP contribution is 2.25. The molecule has 0 saturated heterocycles. The third kappa shape index (κ3) is 4.18. The van der Waals surface area contributed by atoms with E-state index < -0.39 is 5.97 Å². The SMILES string of the molecule is CCOCCCn1c(SCC(=O)O)nc2ccc(F)cc21. The van der Waals surface area contributed by atoms with Crippen molar-refractivity contribution in [2.45, 2.75) is 25.0 Å². The summed E-state index contributed by atoms with van der Waals surface area (Å²) in [5.41, 5.74) is 1.35. The molecule has 1 aromatic carbocycles. The van der Waals surface area contributed by atoms with Gasteiger partial charge in [-0.25, -0.2) is 9.37 Å². The summed E-state index contributed by atoms with van der Waals surface area (Å²) in [6.07, 6.45) is 0.760. The second-order valence-corrected chi connectivity index (χ2v) is 5.35. The van der Waals surface area contributed by atoms with Crippen LogP contribution in [0.5, 0.6) is 0 Å². The average molecular weight is 312 g/mol. The van der Waals surface area contributed by atoms with E-state index in [0.29, 0.717) is 35.9 Å². The number of hydrogen-bond donors (Lipinski definition) is 1. The molecular formula is C14H17FN2O3S. The molecule has 0 aliphatic heterocycles. The van der Waals surface area contributed by atoms with Gasteiger partial charge in [0.15, 0.2) is 5.16 Å². The zero-order valence-electron chi connectivity index (χ0n) is 11.7. The summed E-state index contributed by atoms with van der Waals surface area (Å²) in [4.78, 5) is 15.1. The summed E-state index contributed by atoms with van der Waals surface area (Å²) in [6.45, 7) is 3.80. The van der Waals surface area contributed by atoms with Crippen LogP contribution in [-0.4, -0.2) is 39.6 Å². The molecular weight excluding hydrogens is 295 g/mol. The topological polar surface area (TPSA) is 64.3 Å². The molecule has 0 aliphatic carbocycles. The van der Waals surface area contributed by atoms with Crippen LogP contribution in [0.4, 0.5) is 4.39 Å². The van der Waals surface area contributed by atoms with E-state index in [-0.39, 0.29) is 11.6 Å². The van der Waals surface area contributed by atoms with Gasteiger partial charge >= 0.3 is 5.97 Å². The number of nitrogens with zero attached hydrogens (tertiary/aromatic N) is 2. The molecule has 2 aromatic rings. The summed E-state index contributed by atoms with van der Waals surface area (Å²) in [5.74, 6) is -1.31. The van der Waals surface area contributed by atoms with Gasteiger partial charge in [0.25, 0.3) is 0 Å². The molecule has 0 unspecified atom stereocenters. The molecule has 1 N–H and O–H groups in total. The third-order valence-corrected chi connectivity index (χ3v) is 3.84. The summed E-state index contributed by atoms with van der Waals surface area (Å²) < 4.78 is 20.6. The van der Waals surface area contributed by atoms with Crippen molar-refractivity contribution in [3.63, 3.8) is 0 Å². The Morgan fingerprint density at radius 1 is 1.52 bits per heavy atom. The molecule has 21 heavy (non-hydrogen) atoms. The molecule has 0 aliphatic rings. The lowest BCUT2D eigenvalue weighted by molar-refractivity contribution is -0.133. The van der Waals surface area contributed by atoms with Crippen LogP contribution in [0.1, 0.15) is 13.3 Å². The van der Waals surface area contributed by atoms with Crippen molar-refractivity contribution in [1.82, 2.24) is 9.55 Å². The maximum Gasteiger partial charge on any atom is 0.313 e. The number of ether oxygens (including phenoxy) is 1. The van der Waals surface area contributed by atoms with Crippen molar-refractivity contribution in [1.29, 1.82) is 0 Å². The minimum Gasteiger partial charge on any atom is -0.481 e. The Kier molecular flexibility index (Phi) is 5.58. The van der Waals surface area contributed by atoms with E-state index in [9.17, 15) is 9.18 Å². The van der Waals surface area contributed by atoms with Crippen LogP contribution < -0.4 is 0 Å². The van der Waals surface area contributed by atoms with Crippen molar-refractivity contribution in [3.05, 3.63) is 24.0 Å². The number of fused-ring (bicyclic) bond motifs is 1. The summed E-state index contributed by atoms with van der Waals surface area (Å²) in [6, 6.07) is 4.38. The predicted molar refractivity (Wildman–Crippen MR) is 79.2 cm³/mol. The van der Waals surface area contributed by atoms with Gasteiger partial charge in [-0.05, 0) is 31.5 Å². The molecule has 7 heteroatoms. The lowest BCUT2D eigenvalue weighted by Gasteiger charge is -2.08. The lowest BCUT2D eigenvalue weighted by atomic mass is 10.3. The van der Waals surface area contributed by atoms with E-state index in [1.807, 2.05) is 11.5 Å². The van der Waals surface area contributed by atoms with Gasteiger partial charge in [-0.15, -0.1) is 0 Å². The number of aryl methyl sites for hydroxylation is 1. The van der Waals surface area contributed by atoms with Gasteiger partial charge in [-0.3, -0.25) is 4.79 Å². The molecule has 0 saturated carbocycles. The number of carboxylic acids is 1. The molecule has 5 nitrogen and oxygen atoms in total. The van der Waals surface area contributed by atoms with Gasteiger partial charge in [0.1, 0.15) is 5.82 Å². The first-order chi connectivity index (χ1) is 10.1. The summed E-state index contributed by atoms with van der Waals surface area (Å²) in [7, 11) is 0. The molecule has 1 aromatic heterocycles. The van der Waals surface area contributed by atoms with Crippen LogP contribution in [0.2, 0.25) is 0 Å². The molecule has 0 bridgehead atoms. The van der Waals surface area contributed by atoms with E-state index in [2.05, 4.69) is 4.98 Å². The number of benzene rings is 1. The summed E-state index contributed by atoms with van der Waals surface area (Å²) in [5, 5.41) is 9.38. The molecule has 0 fully saturated rings. The highest BCUT2D eigenvalue weighted by atomic mass is 32.2. The number of hydrogen-bond acceptors (Lipinski definition) is 4. The van der Waals surface area contributed by atoms with E-state index in [0.717, 1.165) is 18.2 Å². The van der Waals surface area contributed by atoms with E-state index >= 15 is 0 Å². The smallest absolute Gasteiger partial charge is 0.313 e. The molecule has 2 rings (SSSR count). The normalized spacial score (nSPS) is 11.1. The second kappa shape index (κ2) is 7.42. The van der Waals surface area contributed by atoms with Crippen molar-refractivity contribution in [2.75, 3.05) is 19.0 Å². The first-order valence-electron chi connectivity index (χ1n) is 6.70. The van der Waals surface area contributed by atoms with Gasteiger partial charge in [-0.2, -0.15) is 0 Å². The van der Waals surface area contributed by atoms with Crippen LogP contribution in [-0.2, 0) is 16.1 Å². The number of carbonyl (C=O) groups is 1. The van der Waals surface area contributed by atoms with Gasteiger partial charge in [0, 0.05) is 19.8 Å². The molecule has 0 spiro atoms. The highest BCUT2D eigenvalue weighted by molar-refractivity contribution is 7.99. The Labute approximate surface area is 126 Å². The second-order valence-electron chi connectivity index (χ2n) is 4.41. The number of rotatable bonds is 8. The molecule has 114 valence electrons. The van der Waals surface area contributed by atoms with E-state index in [4.69, 9.17) is 9.84 Å². The summed E-state index contributed by atoms with van der Waals surface area (Å²) >= 11 is 1.14. The maximum atomic E-state index is 13.4. The van der Waals surface area contributed by atoms with Crippen LogP contribution >= 0.6 is 11.8 Å². The molecule has 0 amide bonds. The number of carboxylic acid groups (broad SMARTS) is 1. The number of thioether (sulfide) groups is 1. The predicted octanol–water partition coefficient (Wildman–Crippen LogP) is 2.78. The van der Waals surface area contributed by atoms with E-state index in [1.54, 1.807) is 6.07 Å². The fourth-order valence-corrected chi connectivity index (χ4v) is 2.76. The van der Waals surface area contributed by atoms with Crippen molar-refractivity contribution in [2.24, 2.45) is 0 Å². The van der Waals surface area contributed by atoms with E-state index in [1.165, 1.54) is 12.1 Å². The monoisotopic (exact) mass is 312 g/mol. The van der Waals surface area contributed by atoms with Crippen molar-refractivity contribution < 1.29 is 19.0 Å². The quantitative estimate of drug-likeness (QED) is 0.600. The van der Waals surface area contributed by atoms with Gasteiger partial charge in [0.2, 0.25) is 0 Å². The average Bonchev–Trinajstić information content (AvgIpc) is 2.78. The Balaban J connectivity index is 2.24. The highest BCUT2D eigenvalue weighted by Gasteiger charge is 2.13. The Morgan fingerprint density at radius 2 is 2.33 bits per heavy atom. The maximum absolute atomic E-state index is 13.4. The zero-order chi connectivity index (χ0) is 15.2. The molecule has 1 heterocycles. The van der Waals surface area contributed by atoms with Crippen LogP contribution in [0, 0.1) is 5.82 Å². The molecule has 0 atom stereocenters. The Morgan fingerprint density at radius 3 is 3.05 bits per heavy atom. The fraction of sp³-hybridized carbons (Fsp3) is 0.429. The fourth-order valence-electron chi connectivity index (χ4n) is 2.00. The largest absolute Gasteiger partial charge is 0.481 e. The number of aliphatic carboxylic acids is 1. The van der Waals surface area contributed by atoms with Gasteiger partial charge < -0.3 is 14.4 Å². The first-order valence-corrected chi connectivity index (χ1v) is 7.68. The van der Waals surface area contributed by atoms with Crippen LogP contribution in [0.15, 0.2) is 23.4 Å². The molecule has 0 radical (unpaired) electrons. The van der Waals surface area contributed by atoms with Gasteiger partial charge in [0.05, 0.1) is 16.8 Å². The zero-order valence-corrected chi connectivity index (χ0v) is 12.5. The standard InChI is InChI=1S/C14H17FN2O3S/c1-2-20-7-3-6-17-12-8-10(15)4-5-11(12)16-14(17)21-9-13(18)19/h4-5,8H,2-3,6-7,9H2,1H3,(H,18,19). The van der Waals surface area contributed by atoms with Gasteiger partial charge in [-0.1, -0.05) is 11.8 Å². The van der Waals surface area contributed by atoms with Crippen LogP contribution in [0.25, 0.3) is 11.0 Å². The van der Waals surface area contributed by atoms with Crippen molar-refractivity contribution >= 4 is 28.8 Å². The Hall–Kier alpha value is -1.60. The van der Waals surface area contributed by atoms with Crippen LogP contribution in [0.3, 0.4) is 0 Å². The van der Waals surface area contributed by atoms with Crippen molar-refractivity contribution in [3.8, 4) is 0 Å². The number of imidazole rings is 1. The lowest BCUT2D eigenvalue weighted by Crippen LogP contribution is -2.06.